The molecule has 3 rings (SSSR count). The van der Waals surface area contributed by atoms with Gasteiger partial charge in [0.05, 0.1) is 16.6 Å². The van der Waals surface area contributed by atoms with Gasteiger partial charge in [-0.25, -0.2) is 0 Å². The van der Waals surface area contributed by atoms with Crippen molar-refractivity contribution >= 4 is 34.8 Å². The zero-order chi connectivity index (χ0) is 19.4. The SMILES string of the molecule is CN(C)c1ccc([C@@H](CNC(=O)c2ccc(Cl)cc2Cl)N2CCCC2)cc1. The normalized spacial score (nSPS) is 15.6. The molecule has 0 radical (unpaired) electrons. The summed E-state index contributed by atoms with van der Waals surface area (Å²) in [4.78, 5) is 17.1. The summed E-state index contributed by atoms with van der Waals surface area (Å²) in [6.45, 7) is 2.65. The zero-order valence-electron chi connectivity index (χ0n) is 15.7. The summed E-state index contributed by atoms with van der Waals surface area (Å²) in [5.41, 5.74) is 2.82. The van der Waals surface area contributed by atoms with Crippen molar-refractivity contribution in [2.75, 3.05) is 38.6 Å². The first-order valence-corrected chi connectivity index (χ1v) is 9.96. The first-order valence-electron chi connectivity index (χ1n) is 9.20. The third kappa shape index (κ3) is 4.95. The smallest absolute Gasteiger partial charge is 0.252 e. The number of anilines is 1. The lowest BCUT2D eigenvalue weighted by atomic mass is 10.0. The van der Waals surface area contributed by atoms with Crippen LogP contribution in [0.3, 0.4) is 0 Å². The molecule has 0 aliphatic carbocycles. The summed E-state index contributed by atoms with van der Waals surface area (Å²) in [5.74, 6) is -0.175. The summed E-state index contributed by atoms with van der Waals surface area (Å²) in [6, 6.07) is 13.6. The summed E-state index contributed by atoms with van der Waals surface area (Å²) in [7, 11) is 4.06. The minimum atomic E-state index is -0.175. The van der Waals surface area contributed by atoms with E-state index in [-0.39, 0.29) is 11.9 Å². The molecule has 0 spiro atoms. The number of nitrogens with zero attached hydrogens (tertiary/aromatic N) is 2. The van der Waals surface area contributed by atoms with E-state index in [4.69, 9.17) is 23.2 Å². The maximum Gasteiger partial charge on any atom is 0.252 e. The van der Waals surface area contributed by atoms with E-state index in [0.717, 1.165) is 18.8 Å². The number of hydrogen-bond acceptors (Lipinski definition) is 3. The highest BCUT2D eigenvalue weighted by Crippen LogP contribution is 2.27. The molecule has 0 unspecified atom stereocenters. The summed E-state index contributed by atoms with van der Waals surface area (Å²) in [5, 5.41) is 3.94. The van der Waals surface area contributed by atoms with Crippen molar-refractivity contribution in [2.45, 2.75) is 18.9 Å². The van der Waals surface area contributed by atoms with Gasteiger partial charge in [0.15, 0.2) is 0 Å². The van der Waals surface area contributed by atoms with E-state index in [2.05, 4.69) is 39.4 Å². The van der Waals surface area contributed by atoms with E-state index < -0.39 is 0 Å². The van der Waals surface area contributed by atoms with E-state index >= 15 is 0 Å². The fraction of sp³-hybridized carbons (Fsp3) is 0.381. The molecule has 1 aliphatic heterocycles. The molecule has 2 aromatic rings. The second-order valence-corrected chi connectivity index (χ2v) is 7.92. The van der Waals surface area contributed by atoms with Crippen molar-refractivity contribution in [1.29, 1.82) is 0 Å². The second-order valence-electron chi connectivity index (χ2n) is 7.08. The van der Waals surface area contributed by atoms with Crippen LogP contribution in [0.25, 0.3) is 0 Å². The number of hydrogen-bond donors (Lipinski definition) is 1. The Kier molecular flexibility index (Phi) is 6.64. The average molecular weight is 406 g/mol. The van der Waals surface area contributed by atoms with Gasteiger partial charge in [-0.05, 0) is 61.8 Å². The van der Waals surface area contributed by atoms with Gasteiger partial charge in [-0.1, -0.05) is 35.3 Å². The topological polar surface area (TPSA) is 35.6 Å². The summed E-state index contributed by atoms with van der Waals surface area (Å²) in [6.07, 6.45) is 2.40. The van der Waals surface area contributed by atoms with E-state index in [1.165, 1.54) is 18.4 Å². The molecule has 0 saturated carbocycles. The van der Waals surface area contributed by atoms with Crippen LogP contribution >= 0.6 is 23.2 Å². The molecule has 2 aromatic carbocycles. The quantitative estimate of drug-likeness (QED) is 0.760. The number of benzene rings is 2. The zero-order valence-corrected chi connectivity index (χ0v) is 17.2. The Bertz CT molecular complexity index is 787. The van der Waals surface area contributed by atoms with Crippen molar-refractivity contribution in [3.8, 4) is 0 Å². The number of amides is 1. The predicted molar refractivity (Wildman–Crippen MR) is 113 cm³/mol. The van der Waals surface area contributed by atoms with Gasteiger partial charge in [-0.15, -0.1) is 0 Å². The Hall–Kier alpha value is -1.75. The number of halogens is 2. The largest absolute Gasteiger partial charge is 0.378 e. The van der Waals surface area contributed by atoms with Crippen molar-refractivity contribution in [2.24, 2.45) is 0 Å². The van der Waals surface area contributed by atoms with Gasteiger partial charge in [-0.3, -0.25) is 9.69 Å². The Morgan fingerprint density at radius 2 is 1.78 bits per heavy atom. The van der Waals surface area contributed by atoms with Gasteiger partial charge in [0.1, 0.15) is 0 Å². The lowest BCUT2D eigenvalue weighted by Crippen LogP contribution is -2.36. The minimum absolute atomic E-state index is 0.152. The van der Waals surface area contributed by atoms with Crippen LogP contribution in [0, 0.1) is 0 Å². The van der Waals surface area contributed by atoms with Gasteiger partial charge >= 0.3 is 0 Å². The molecule has 6 heteroatoms. The van der Waals surface area contributed by atoms with Gasteiger partial charge in [0, 0.05) is 31.4 Å². The predicted octanol–water partition coefficient (Wildman–Crippen LogP) is 4.63. The lowest BCUT2D eigenvalue weighted by molar-refractivity contribution is 0.0938. The Labute approximate surface area is 171 Å². The van der Waals surface area contributed by atoms with Crippen LogP contribution in [0.1, 0.15) is 34.8 Å². The van der Waals surface area contributed by atoms with Crippen LogP contribution in [0.15, 0.2) is 42.5 Å². The van der Waals surface area contributed by atoms with E-state index in [9.17, 15) is 4.79 Å². The second kappa shape index (κ2) is 8.96. The number of carbonyl (C=O) groups is 1. The molecule has 1 atom stereocenters. The van der Waals surface area contributed by atoms with Crippen molar-refractivity contribution < 1.29 is 4.79 Å². The molecule has 1 heterocycles. The number of rotatable bonds is 6. The Balaban J connectivity index is 1.74. The standard InChI is InChI=1S/C21H25Cl2N3O/c1-25(2)17-8-5-15(6-9-17)20(26-11-3-4-12-26)14-24-21(27)18-10-7-16(22)13-19(18)23/h5-10,13,20H,3-4,11-12,14H2,1-2H3,(H,24,27)/t20-/m1/s1. The van der Waals surface area contributed by atoms with Crippen LogP contribution in [0.2, 0.25) is 10.0 Å². The fourth-order valence-corrected chi connectivity index (χ4v) is 3.96. The third-order valence-corrected chi connectivity index (χ3v) is 5.56. The molecule has 144 valence electrons. The first kappa shape index (κ1) is 20.0. The number of carbonyl (C=O) groups excluding carboxylic acids is 1. The minimum Gasteiger partial charge on any atom is -0.378 e. The molecule has 4 nitrogen and oxygen atoms in total. The highest BCUT2D eigenvalue weighted by atomic mass is 35.5. The van der Waals surface area contributed by atoms with Crippen molar-refractivity contribution in [3.63, 3.8) is 0 Å². The van der Waals surface area contributed by atoms with Gasteiger partial charge in [0.25, 0.3) is 5.91 Å². The average Bonchev–Trinajstić information content (AvgIpc) is 3.16. The number of likely N-dealkylation sites (tertiary alicyclic amines) is 1. The molecule has 1 amide bonds. The molecular weight excluding hydrogens is 381 g/mol. The van der Waals surface area contributed by atoms with E-state index in [1.54, 1.807) is 18.2 Å². The van der Waals surface area contributed by atoms with Crippen LogP contribution in [0.4, 0.5) is 5.69 Å². The maximum absolute atomic E-state index is 12.6. The molecule has 1 saturated heterocycles. The number of nitrogens with one attached hydrogen (secondary N) is 1. The molecule has 0 bridgehead atoms. The summed E-state index contributed by atoms with van der Waals surface area (Å²) < 4.78 is 0. The van der Waals surface area contributed by atoms with Crippen LogP contribution < -0.4 is 10.2 Å². The van der Waals surface area contributed by atoms with Gasteiger partial charge in [-0.2, -0.15) is 0 Å². The lowest BCUT2D eigenvalue weighted by Gasteiger charge is -2.28. The van der Waals surface area contributed by atoms with Crippen LogP contribution in [0.5, 0.6) is 0 Å². The van der Waals surface area contributed by atoms with Crippen molar-refractivity contribution in [3.05, 3.63) is 63.6 Å². The van der Waals surface area contributed by atoms with Gasteiger partial charge < -0.3 is 10.2 Å². The Morgan fingerprint density at radius 1 is 1.11 bits per heavy atom. The maximum atomic E-state index is 12.6. The monoisotopic (exact) mass is 405 g/mol. The molecule has 1 fully saturated rings. The Morgan fingerprint density at radius 3 is 2.37 bits per heavy atom. The molecule has 27 heavy (non-hydrogen) atoms. The van der Waals surface area contributed by atoms with E-state index in [1.807, 2.05) is 14.1 Å². The molecule has 1 N–H and O–H groups in total. The summed E-state index contributed by atoms with van der Waals surface area (Å²) >= 11 is 12.1. The fourth-order valence-electron chi connectivity index (χ4n) is 3.46. The molecule has 0 aromatic heterocycles. The van der Waals surface area contributed by atoms with Crippen LogP contribution in [-0.2, 0) is 0 Å². The molecular formula is C21H25Cl2N3O. The van der Waals surface area contributed by atoms with Gasteiger partial charge in [0.2, 0.25) is 0 Å². The highest BCUT2D eigenvalue weighted by Gasteiger charge is 2.24. The van der Waals surface area contributed by atoms with Crippen molar-refractivity contribution in [1.82, 2.24) is 10.2 Å². The van der Waals surface area contributed by atoms with E-state index in [0.29, 0.717) is 22.2 Å². The van der Waals surface area contributed by atoms with Crippen LogP contribution in [-0.4, -0.2) is 44.5 Å². The third-order valence-electron chi connectivity index (χ3n) is 5.01. The first-order chi connectivity index (χ1) is 13.0. The highest BCUT2D eigenvalue weighted by molar-refractivity contribution is 6.36. The molecule has 1 aliphatic rings.